The normalized spacial score (nSPS) is 17.8. The van der Waals surface area contributed by atoms with E-state index in [0.717, 1.165) is 24.1 Å². The summed E-state index contributed by atoms with van der Waals surface area (Å²) in [6.07, 6.45) is 13.9. The van der Waals surface area contributed by atoms with E-state index in [1.165, 1.54) is 44.2 Å². The van der Waals surface area contributed by atoms with Crippen molar-refractivity contribution in [3.05, 3.63) is 29.2 Å². The van der Waals surface area contributed by atoms with Crippen LogP contribution in [0, 0.1) is 5.41 Å². The second-order valence-electron chi connectivity index (χ2n) is 7.94. The predicted molar refractivity (Wildman–Crippen MR) is 105 cm³/mol. The van der Waals surface area contributed by atoms with Crippen LogP contribution in [-0.2, 0) is 17.8 Å². The number of rotatable bonds is 3. The topological polar surface area (TPSA) is 59.8 Å². The van der Waals surface area contributed by atoms with Gasteiger partial charge in [-0.1, -0.05) is 64.0 Å². The fourth-order valence-electron chi connectivity index (χ4n) is 3.72. The largest absolute Gasteiger partial charge is 0.313 e. The van der Waals surface area contributed by atoms with E-state index in [2.05, 4.69) is 29.2 Å². The molecule has 6 heteroatoms. The molecule has 1 amide bonds. The average Bonchev–Trinajstić information content (AvgIpc) is 3.14. The van der Waals surface area contributed by atoms with Gasteiger partial charge in [0.15, 0.2) is 0 Å². The number of anilines is 1. The number of hydrogen-bond donors (Lipinski definition) is 1. The van der Waals surface area contributed by atoms with Gasteiger partial charge >= 0.3 is 0 Å². The van der Waals surface area contributed by atoms with Crippen LogP contribution in [0.4, 0.5) is 5.82 Å². The summed E-state index contributed by atoms with van der Waals surface area (Å²) in [4.78, 5) is 14.6. The molecule has 2 aliphatic rings. The predicted octanol–water partition coefficient (Wildman–Crippen LogP) is 5.09. The second kappa shape index (κ2) is 8.21. The number of amides is 1. The first kappa shape index (κ1) is 18.9. The lowest BCUT2D eigenvalue weighted by molar-refractivity contribution is -0.105. The van der Waals surface area contributed by atoms with Gasteiger partial charge in [0, 0.05) is 29.6 Å². The minimum atomic E-state index is 0.210. The van der Waals surface area contributed by atoms with Crippen molar-refractivity contribution < 1.29 is 4.79 Å². The number of fused-ring (bicyclic) bond motifs is 1. The number of nitrogens with one attached hydrogen (secondary N) is 1. The molecule has 1 N–H and O–H groups in total. The third-order valence-corrected chi connectivity index (χ3v) is 5.33. The van der Waals surface area contributed by atoms with Gasteiger partial charge in [0.1, 0.15) is 5.82 Å². The summed E-state index contributed by atoms with van der Waals surface area (Å²) in [5, 5.41) is 7.53. The summed E-state index contributed by atoms with van der Waals surface area (Å²) < 4.78 is 2.03. The van der Waals surface area contributed by atoms with E-state index >= 15 is 0 Å². The second-order valence-corrected chi connectivity index (χ2v) is 8.34. The van der Waals surface area contributed by atoms with Gasteiger partial charge in [0.2, 0.25) is 6.41 Å². The smallest absolute Gasteiger partial charge is 0.212 e. The number of carbonyl (C=O) groups is 1. The van der Waals surface area contributed by atoms with Crippen molar-refractivity contribution in [2.45, 2.75) is 65.3 Å². The van der Waals surface area contributed by atoms with Crippen LogP contribution in [0.3, 0.4) is 0 Å². The molecule has 2 aromatic heterocycles. The maximum absolute atomic E-state index is 10.5. The van der Waals surface area contributed by atoms with E-state index in [1.807, 2.05) is 10.9 Å². The van der Waals surface area contributed by atoms with Crippen LogP contribution < -0.4 is 5.32 Å². The van der Waals surface area contributed by atoms with Crippen LogP contribution in [0.1, 0.15) is 58.1 Å². The Morgan fingerprint density at radius 1 is 1.12 bits per heavy atom. The molecule has 0 aromatic carbocycles. The molecular weight excluding hydrogens is 348 g/mol. The quantitative estimate of drug-likeness (QED) is 0.761. The Hall–Kier alpha value is -1.88. The Morgan fingerprint density at radius 3 is 2.38 bits per heavy atom. The zero-order valence-electron chi connectivity index (χ0n) is 15.6. The highest BCUT2D eigenvalue weighted by molar-refractivity contribution is 6.33. The van der Waals surface area contributed by atoms with E-state index < -0.39 is 0 Å². The molecule has 0 unspecified atom stereocenters. The summed E-state index contributed by atoms with van der Waals surface area (Å²) in [6.45, 7) is 5.35. The molecule has 0 saturated heterocycles. The zero-order valence-corrected chi connectivity index (χ0v) is 16.4. The molecule has 0 spiro atoms. The Kier molecular flexibility index (Phi) is 5.97. The molecule has 4 rings (SSSR count). The van der Waals surface area contributed by atoms with Gasteiger partial charge in [-0.25, -0.2) is 4.98 Å². The lowest BCUT2D eigenvalue weighted by atomic mass is 9.89. The Labute approximate surface area is 160 Å². The first-order valence-electron chi connectivity index (χ1n) is 9.41. The van der Waals surface area contributed by atoms with Gasteiger partial charge in [0.05, 0.1) is 11.2 Å². The van der Waals surface area contributed by atoms with Gasteiger partial charge in [-0.3, -0.25) is 9.48 Å². The van der Waals surface area contributed by atoms with Gasteiger partial charge in [-0.15, -0.1) is 0 Å². The van der Waals surface area contributed by atoms with Crippen LogP contribution >= 0.6 is 11.6 Å². The molecule has 1 fully saturated rings. The molecule has 0 radical (unpaired) electrons. The maximum atomic E-state index is 10.5. The van der Waals surface area contributed by atoms with Crippen molar-refractivity contribution in [2.24, 2.45) is 5.41 Å². The van der Waals surface area contributed by atoms with Crippen molar-refractivity contribution in [2.75, 3.05) is 5.32 Å². The van der Waals surface area contributed by atoms with Crippen LogP contribution in [0.2, 0.25) is 5.02 Å². The number of pyridine rings is 1. The van der Waals surface area contributed by atoms with Gasteiger partial charge in [0.25, 0.3) is 0 Å². The molecule has 2 aromatic rings. The van der Waals surface area contributed by atoms with Crippen LogP contribution in [0.25, 0.3) is 11.1 Å². The van der Waals surface area contributed by atoms with Crippen molar-refractivity contribution in [3.8, 4) is 11.1 Å². The van der Waals surface area contributed by atoms with E-state index in [4.69, 9.17) is 11.6 Å². The Bertz CT molecular complexity index is 754. The van der Waals surface area contributed by atoms with E-state index in [1.54, 1.807) is 12.3 Å². The van der Waals surface area contributed by atoms with Gasteiger partial charge in [-0.05, 0) is 17.9 Å². The SMILES string of the molecule is C1CCCCC1.CC1(C)Cc2c(-c3cc(NC=O)ncc3Cl)cnn2C1. The number of hydrogen-bond acceptors (Lipinski definition) is 3. The third kappa shape index (κ3) is 4.44. The highest BCUT2D eigenvalue weighted by atomic mass is 35.5. The van der Waals surface area contributed by atoms with Crippen molar-refractivity contribution in [1.82, 2.24) is 14.8 Å². The Morgan fingerprint density at radius 2 is 1.77 bits per heavy atom. The van der Waals surface area contributed by atoms with Crippen LogP contribution in [0.5, 0.6) is 0 Å². The molecule has 26 heavy (non-hydrogen) atoms. The molecule has 1 saturated carbocycles. The summed E-state index contributed by atoms with van der Waals surface area (Å²) >= 11 is 6.24. The summed E-state index contributed by atoms with van der Waals surface area (Å²) in [6, 6.07) is 1.78. The van der Waals surface area contributed by atoms with Crippen molar-refractivity contribution in [3.63, 3.8) is 0 Å². The van der Waals surface area contributed by atoms with E-state index in [-0.39, 0.29) is 5.41 Å². The molecule has 1 aliphatic carbocycles. The maximum Gasteiger partial charge on any atom is 0.212 e. The van der Waals surface area contributed by atoms with Gasteiger partial charge in [-0.2, -0.15) is 5.10 Å². The Balaban J connectivity index is 0.000000278. The third-order valence-electron chi connectivity index (χ3n) is 5.02. The lowest BCUT2D eigenvalue weighted by Gasteiger charge is -2.14. The standard InChI is InChI=1S/C14H15ClN4O.C6H12/c1-14(2)4-12-10(5-18-19(12)7-14)9-3-13(17-8-20)16-6-11(9)15;1-2-4-6-5-3-1/h3,5-6,8H,4,7H2,1-2H3,(H,16,17,20);1-6H2. The van der Waals surface area contributed by atoms with Crippen molar-refractivity contribution >= 4 is 23.8 Å². The van der Waals surface area contributed by atoms with E-state index in [0.29, 0.717) is 17.3 Å². The highest BCUT2D eigenvalue weighted by Crippen LogP contribution is 2.39. The summed E-state index contributed by atoms with van der Waals surface area (Å²) in [5.41, 5.74) is 3.25. The highest BCUT2D eigenvalue weighted by Gasteiger charge is 2.32. The lowest BCUT2D eigenvalue weighted by Crippen LogP contribution is -2.12. The number of nitrogens with zero attached hydrogens (tertiary/aromatic N) is 3. The molecule has 3 heterocycles. The van der Waals surface area contributed by atoms with Crippen LogP contribution in [0.15, 0.2) is 18.5 Å². The number of halogens is 1. The van der Waals surface area contributed by atoms with Crippen molar-refractivity contribution in [1.29, 1.82) is 0 Å². The molecule has 0 atom stereocenters. The fraction of sp³-hybridized carbons (Fsp3) is 0.550. The molecule has 140 valence electrons. The fourth-order valence-corrected chi connectivity index (χ4v) is 3.92. The monoisotopic (exact) mass is 374 g/mol. The molecular formula is C20H27ClN4O. The molecule has 5 nitrogen and oxygen atoms in total. The number of carbonyl (C=O) groups excluding carboxylic acids is 1. The summed E-state index contributed by atoms with van der Waals surface area (Å²) in [5.74, 6) is 0.483. The summed E-state index contributed by atoms with van der Waals surface area (Å²) in [7, 11) is 0. The van der Waals surface area contributed by atoms with Gasteiger partial charge < -0.3 is 5.32 Å². The van der Waals surface area contributed by atoms with Crippen LogP contribution in [-0.4, -0.2) is 21.2 Å². The minimum Gasteiger partial charge on any atom is -0.313 e. The zero-order chi connectivity index (χ0) is 18.6. The first-order chi connectivity index (χ1) is 12.5. The minimum absolute atomic E-state index is 0.210. The first-order valence-corrected chi connectivity index (χ1v) is 9.79. The molecule has 0 bridgehead atoms. The van der Waals surface area contributed by atoms with E-state index in [9.17, 15) is 4.79 Å². The number of aromatic nitrogens is 3. The molecule has 1 aliphatic heterocycles. The average molecular weight is 375 g/mol.